The second-order valence-corrected chi connectivity index (χ2v) is 3.41. The van der Waals surface area contributed by atoms with Crippen LogP contribution in [0.15, 0.2) is 36.5 Å². The quantitative estimate of drug-likeness (QED) is 0.855. The molecule has 17 heavy (non-hydrogen) atoms. The molecule has 88 valence electrons. The van der Waals surface area contributed by atoms with E-state index in [-0.39, 0.29) is 5.75 Å². The maximum absolute atomic E-state index is 13.6. The van der Waals surface area contributed by atoms with E-state index in [4.69, 9.17) is 10.5 Å². The largest absolute Gasteiger partial charge is 0.454 e. The Morgan fingerprint density at radius 3 is 2.76 bits per heavy atom. The van der Waals surface area contributed by atoms with Crippen LogP contribution in [-0.4, -0.2) is 12.0 Å². The van der Waals surface area contributed by atoms with Gasteiger partial charge in [-0.3, -0.25) is 0 Å². The van der Waals surface area contributed by atoms with Crippen LogP contribution in [0.4, 0.5) is 15.9 Å². The molecular weight excluding hydrogens is 221 g/mol. The lowest BCUT2D eigenvalue weighted by Crippen LogP contribution is -1.94. The number of pyridine rings is 1. The number of nitrogens with one attached hydrogen (secondary N) is 1. The molecular formula is C12H12FN3O. The number of ether oxygens (including phenoxy) is 1. The minimum atomic E-state index is -0.438. The van der Waals surface area contributed by atoms with Crippen LogP contribution < -0.4 is 15.8 Å². The predicted octanol–water partition coefficient (Wildman–Crippen LogP) is 2.64. The van der Waals surface area contributed by atoms with Gasteiger partial charge in [0, 0.05) is 31.1 Å². The molecule has 3 N–H and O–H groups in total. The summed E-state index contributed by atoms with van der Waals surface area (Å²) in [5.74, 6) is 0.491. The molecule has 1 heterocycles. The second kappa shape index (κ2) is 4.69. The summed E-state index contributed by atoms with van der Waals surface area (Å²) in [6.45, 7) is 0. The maximum atomic E-state index is 13.6. The van der Waals surface area contributed by atoms with E-state index in [1.54, 1.807) is 25.2 Å². The zero-order valence-corrected chi connectivity index (χ0v) is 9.27. The van der Waals surface area contributed by atoms with Gasteiger partial charge in [-0.05, 0) is 18.2 Å². The second-order valence-electron chi connectivity index (χ2n) is 3.41. The van der Waals surface area contributed by atoms with Gasteiger partial charge >= 0.3 is 0 Å². The number of halogens is 1. The van der Waals surface area contributed by atoms with Crippen LogP contribution in [0.5, 0.6) is 11.5 Å². The molecule has 0 atom stereocenters. The zero-order chi connectivity index (χ0) is 12.3. The summed E-state index contributed by atoms with van der Waals surface area (Å²) < 4.78 is 19.0. The van der Waals surface area contributed by atoms with Crippen molar-refractivity contribution in [2.45, 2.75) is 0 Å². The Hall–Kier alpha value is -2.30. The normalized spacial score (nSPS) is 10.0. The Labute approximate surface area is 98.2 Å². The fourth-order valence-electron chi connectivity index (χ4n) is 1.36. The summed E-state index contributed by atoms with van der Waals surface area (Å²) in [6.07, 6.45) is 1.50. The Morgan fingerprint density at radius 1 is 1.29 bits per heavy atom. The number of aromatic nitrogens is 1. The van der Waals surface area contributed by atoms with Crippen molar-refractivity contribution < 1.29 is 9.13 Å². The first-order valence-electron chi connectivity index (χ1n) is 5.06. The summed E-state index contributed by atoms with van der Waals surface area (Å²) >= 11 is 0. The lowest BCUT2D eigenvalue weighted by atomic mass is 10.3. The number of rotatable bonds is 3. The number of nitrogen functional groups attached to an aromatic ring is 1. The van der Waals surface area contributed by atoms with E-state index in [1.165, 1.54) is 18.3 Å². The van der Waals surface area contributed by atoms with Crippen molar-refractivity contribution >= 4 is 11.5 Å². The summed E-state index contributed by atoms with van der Waals surface area (Å²) in [6, 6.07) is 7.79. The minimum Gasteiger partial charge on any atom is -0.454 e. The Kier molecular flexibility index (Phi) is 3.09. The van der Waals surface area contributed by atoms with E-state index < -0.39 is 5.82 Å². The van der Waals surface area contributed by atoms with Gasteiger partial charge in [-0.15, -0.1) is 0 Å². The molecule has 0 aliphatic rings. The van der Waals surface area contributed by atoms with Gasteiger partial charge in [-0.1, -0.05) is 0 Å². The summed E-state index contributed by atoms with van der Waals surface area (Å²) in [5, 5.41) is 2.84. The first-order chi connectivity index (χ1) is 8.19. The van der Waals surface area contributed by atoms with Gasteiger partial charge in [-0.25, -0.2) is 9.37 Å². The van der Waals surface area contributed by atoms with Crippen molar-refractivity contribution in [1.82, 2.24) is 4.98 Å². The number of hydrogen-bond acceptors (Lipinski definition) is 4. The molecule has 1 aromatic carbocycles. The summed E-state index contributed by atoms with van der Waals surface area (Å²) in [7, 11) is 1.72. The molecule has 0 aliphatic carbocycles. The van der Waals surface area contributed by atoms with E-state index in [1.807, 2.05) is 0 Å². The third kappa shape index (κ3) is 2.63. The van der Waals surface area contributed by atoms with E-state index >= 15 is 0 Å². The van der Waals surface area contributed by atoms with E-state index in [0.717, 1.165) is 0 Å². The molecule has 0 saturated heterocycles. The van der Waals surface area contributed by atoms with Crippen LogP contribution >= 0.6 is 0 Å². The van der Waals surface area contributed by atoms with Gasteiger partial charge in [-0.2, -0.15) is 0 Å². The van der Waals surface area contributed by atoms with Crippen molar-refractivity contribution in [3.05, 3.63) is 42.3 Å². The Bertz CT molecular complexity index is 531. The molecule has 2 aromatic rings. The third-order valence-corrected chi connectivity index (χ3v) is 2.20. The van der Waals surface area contributed by atoms with Gasteiger partial charge in [0.05, 0.1) is 0 Å². The fraction of sp³-hybridized carbons (Fsp3) is 0.0833. The van der Waals surface area contributed by atoms with Crippen LogP contribution in [0.1, 0.15) is 0 Å². The van der Waals surface area contributed by atoms with Crippen molar-refractivity contribution in [2.75, 3.05) is 18.1 Å². The topological polar surface area (TPSA) is 60.2 Å². The molecule has 1 aromatic heterocycles. The highest BCUT2D eigenvalue weighted by Crippen LogP contribution is 2.26. The predicted molar refractivity (Wildman–Crippen MR) is 64.7 cm³/mol. The SMILES string of the molecule is CNc1ccc(Oc2ccnc(N)c2)c(F)c1. The zero-order valence-electron chi connectivity index (χ0n) is 9.27. The molecule has 4 nitrogen and oxygen atoms in total. The first-order valence-corrected chi connectivity index (χ1v) is 5.06. The molecule has 0 radical (unpaired) electrons. The van der Waals surface area contributed by atoms with Crippen LogP contribution in [0.3, 0.4) is 0 Å². The highest BCUT2D eigenvalue weighted by atomic mass is 19.1. The summed E-state index contributed by atoms with van der Waals surface area (Å²) in [4.78, 5) is 3.83. The number of nitrogens with two attached hydrogens (primary N) is 1. The van der Waals surface area contributed by atoms with Gasteiger partial charge < -0.3 is 15.8 Å². The third-order valence-electron chi connectivity index (χ3n) is 2.20. The molecule has 0 aliphatic heterocycles. The number of nitrogens with zero attached hydrogens (tertiary/aromatic N) is 1. The van der Waals surface area contributed by atoms with Crippen molar-refractivity contribution in [1.29, 1.82) is 0 Å². The molecule has 0 spiro atoms. The van der Waals surface area contributed by atoms with E-state index in [2.05, 4.69) is 10.3 Å². The van der Waals surface area contributed by atoms with Crippen molar-refractivity contribution in [3.8, 4) is 11.5 Å². The molecule has 0 fully saturated rings. The van der Waals surface area contributed by atoms with Crippen LogP contribution in [0.25, 0.3) is 0 Å². The summed E-state index contributed by atoms with van der Waals surface area (Å²) in [5.41, 5.74) is 6.19. The van der Waals surface area contributed by atoms with Gasteiger partial charge in [0.2, 0.25) is 0 Å². The fourth-order valence-corrected chi connectivity index (χ4v) is 1.36. The van der Waals surface area contributed by atoms with Crippen molar-refractivity contribution in [2.24, 2.45) is 0 Å². The first kappa shape index (κ1) is 11.2. The smallest absolute Gasteiger partial charge is 0.167 e. The molecule has 2 rings (SSSR count). The molecule has 0 unspecified atom stereocenters. The van der Waals surface area contributed by atoms with Crippen molar-refractivity contribution in [3.63, 3.8) is 0 Å². The van der Waals surface area contributed by atoms with E-state index in [9.17, 15) is 4.39 Å². The standard InChI is InChI=1S/C12H12FN3O/c1-15-8-2-3-11(10(13)6-8)17-9-4-5-16-12(14)7-9/h2-7,15H,1H3,(H2,14,16). The maximum Gasteiger partial charge on any atom is 0.167 e. The van der Waals surface area contributed by atoms with E-state index in [0.29, 0.717) is 17.3 Å². The lowest BCUT2D eigenvalue weighted by molar-refractivity contribution is 0.442. The Balaban J connectivity index is 2.24. The van der Waals surface area contributed by atoms with Gasteiger partial charge in [0.15, 0.2) is 11.6 Å². The highest BCUT2D eigenvalue weighted by molar-refractivity contribution is 5.48. The van der Waals surface area contributed by atoms with Gasteiger partial charge in [0.25, 0.3) is 0 Å². The number of hydrogen-bond donors (Lipinski definition) is 2. The van der Waals surface area contributed by atoms with Gasteiger partial charge in [0.1, 0.15) is 11.6 Å². The number of anilines is 2. The average Bonchev–Trinajstić information content (AvgIpc) is 2.32. The number of benzene rings is 1. The highest BCUT2D eigenvalue weighted by Gasteiger charge is 2.05. The van der Waals surface area contributed by atoms with Crippen LogP contribution in [0.2, 0.25) is 0 Å². The molecule has 5 heteroatoms. The van der Waals surface area contributed by atoms with Crippen LogP contribution in [-0.2, 0) is 0 Å². The molecule has 0 bridgehead atoms. The monoisotopic (exact) mass is 233 g/mol. The molecule has 0 saturated carbocycles. The average molecular weight is 233 g/mol. The minimum absolute atomic E-state index is 0.148. The lowest BCUT2D eigenvalue weighted by Gasteiger charge is -2.08. The van der Waals surface area contributed by atoms with Crippen LogP contribution in [0, 0.1) is 5.82 Å². The molecule has 0 amide bonds. The Morgan fingerprint density at radius 2 is 2.12 bits per heavy atom.